The fourth-order valence-electron chi connectivity index (χ4n) is 6.08. The molecule has 0 spiro atoms. The van der Waals surface area contributed by atoms with Crippen molar-refractivity contribution in [3.8, 4) is 22.6 Å². The number of nitrogens with zero attached hydrogens (tertiary/aromatic N) is 2. The zero-order chi connectivity index (χ0) is 27.3. The van der Waals surface area contributed by atoms with Crippen LogP contribution in [0.4, 0.5) is 0 Å². The number of aliphatic hydroxyl groups excluding tert-OH is 1. The Labute approximate surface area is 230 Å². The standard InChI is InChI=1S/C30H30ClN3O5/c1-33-22-15-25(39-12-6-11-34-10-5-4-7-17(34)16-35)24(36)14-20(22)26-23(33)13-19(18-8-2-3-9-21(18)31)27-28(26)30(38)32-29(27)37/h2-3,8-9,13-15,17,35-36H,4-7,10-12,16H2,1H3,(H,32,37,38). The van der Waals surface area contributed by atoms with Crippen LogP contribution in [0.25, 0.3) is 32.9 Å². The number of piperidine rings is 1. The van der Waals surface area contributed by atoms with Crippen LogP contribution in [0.5, 0.6) is 11.5 Å². The maximum atomic E-state index is 13.0. The third-order valence-corrected chi connectivity index (χ3v) is 8.36. The van der Waals surface area contributed by atoms with Gasteiger partial charge < -0.3 is 19.5 Å². The Bertz CT molecular complexity index is 1630. The number of carbonyl (C=O) groups is 2. The predicted molar refractivity (Wildman–Crippen MR) is 151 cm³/mol. The summed E-state index contributed by atoms with van der Waals surface area (Å²) in [6.07, 6.45) is 4.07. The summed E-state index contributed by atoms with van der Waals surface area (Å²) in [5, 5.41) is 24.7. The molecule has 0 radical (unpaired) electrons. The molecule has 1 atom stereocenters. The zero-order valence-electron chi connectivity index (χ0n) is 21.7. The van der Waals surface area contributed by atoms with Crippen LogP contribution in [-0.2, 0) is 7.05 Å². The van der Waals surface area contributed by atoms with Crippen molar-refractivity contribution in [3.63, 3.8) is 0 Å². The lowest BCUT2D eigenvalue weighted by atomic mass is 9.93. The van der Waals surface area contributed by atoms with Crippen LogP contribution >= 0.6 is 11.6 Å². The van der Waals surface area contributed by atoms with E-state index in [-0.39, 0.29) is 29.5 Å². The second-order valence-electron chi connectivity index (χ2n) is 10.3. The molecule has 8 nitrogen and oxygen atoms in total. The van der Waals surface area contributed by atoms with Crippen molar-refractivity contribution < 1.29 is 24.5 Å². The number of amides is 2. The number of fused-ring (bicyclic) bond motifs is 5. The highest BCUT2D eigenvalue weighted by Crippen LogP contribution is 2.44. The highest BCUT2D eigenvalue weighted by molar-refractivity contribution is 6.36. The highest BCUT2D eigenvalue weighted by Gasteiger charge is 2.35. The van der Waals surface area contributed by atoms with E-state index in [0.717, 1.165) is 49.8 Å². The maximum absolute atomic E-state index is 13.0. The molecular weight excluding hydrogens is 518 g/mol. The molecule has 2 aliphatic rings. The molecule has 0 saturated carbocycles. The van der Waals surface area contributed by atoms with E-state index in [1.807, 2.05) is 35.9 Å². The summed E-state index contributed by atoms with van der Waals surface area (Å²) in [5.41, 5.74) is 3.31. The fraction of sp³-hybridized carbons (Fsp3) is 0.333. The number of benzene rings is 3. The number of phenolic OH excluding ortho intramolecular Hbond substituents is 1. The van der Waals surface area contributed by atoms with Crippen molar-refractivity contribution in [1.29, 1.82) is 0 Å². The first kappa shape index (κ1) is 25.7. The number of carbonyl (C=O) groups excluding carboxylic acids is 2. The Morgan fingerprint density at radius 2 is 1.85 bits per heavy atom. The Morgan fingerprint density at radius 3 is 2.64 bits per heavy atom. The van der Waals surface area contributed by atoms with E-state index in [2.05, 4.69) is 10.2 Å². The molecule has 202 valence electrons. The third kappa shape index (κ3) is 4.33. The van der Waals surface area contributed by atoms with E-state index in [0.29, 0.717) is 39.3 Å². The summed E-state index contributed by atoms with van der Waals surface area (Å²) >= 11 is 6.49. The molecule has 1 saturated heterocycles. The molecule has 9 heteroatoms. The van der Waals surface area contributed by atoms with Gasteiger partial charge in [-0.25, -0.2) is 0 Å². The predicted octanol–water partition coefficient (Wildman–Crippen LogP) is 4.86. The molecule has 2 amide bonds. The van der Waals surface area contributed by atoms with E-state index in [1.54, 1.807) is 18.2 Å². The summed E-state index contributed by atoms with van der Waals surface area (Å²) < 4.78 is 7.93. The second kappa shape index (κ2) is 10.2. The van der Waals surface area contributed by atoms with Gasteiger partial charge in [0, 0.05) is 47.1 Å². The number of hydrogen-bond acceptors (Lipinski definition) is 6. The number of ether oxygens (including phenoxy) is 1. The number of halogens is 1. The summed E-state index contributed by atoms with van der Waals surface area (Å²) in [5.74, 6) is -0.616. The summed E-state index contributed by atoms with van der Waals surface area (Å²) in [4.78, 5) is 28.3. The molecular formula is C30H30ClN3O5. The first-order chi connectivity index (χ1) is 18.9. The molecule has 39 heavy (non-hydrogen) atoms. The van der Waals surface area contributed by atoms with Crippen LogP contribution in [0.3, 0.4) is 0 Å². The van der Waals surface area contributed by atoms with Gasteiger partial charge in [0.05, 0.1) is 35.4 Å². The van der Waals surface area contributed by atoms with E-state index in [1.165, 1.54) is 0 Å². The van der Waals surface area contributed by atoms with Gasteiger partial charge in [-0.2, -0.15) is 0 Å². The van der Waals surface area contributed by atoms with Crippen LogP contribution in [0.15, 0.2) is 42.5 Å². The molecule has 1 unspecified atom stereocenters. The van der Waals surface area contributed by atoms with Crippen molar-refractivity contribution in [3.05, 3.63) is 58.6 Å². The number of likely N-dealkylation sites (tertiary alicyclic amines) is 1. The van der Waals surface area contributed by atoms with Gasteiger partial charge >= 0.3 is 0 Å². The molecule has 3 heterocycles. The van der Waals surface area contributed by atoms with Crippen molar-refractivity contribution in [2.45, 2.75) is 31.7 Å². The lowest BCUT2D eigenvalue weighted by molar-refractivity contribution is 0.0850. The van der Waals surface area contributed by atoms with E-state index < -0.39 is 11.8 Å². The van der Waals surface area contributed by atoms with Crippen LogP contribution in [0.2, 0.25) is 5.02 Å². The Morgan fingerprint density at radius 1 is 1.05 bits per heavy atom. The van der Waals surface area contributed by atoms with Gasteiger partial charge in [-0.1, -0.05) is 36.2 Å². The maximum Gasteiger partial charge on any atom is 0.259 e. The Balaban J connectivity index is 1.38. The Kier molecular flexibility index (Phi) is 6.71. The Hall–Kier alpha value is -3.59. The lowest BCUT2D eigenvalue weighted by Gasteiger charge is -2.34. The minimum Gasteiger partial charge on any atom is -0.504 e. The number of aromatic hydroxyl groups is 1. The first-order valence-corrected chi connectivity index (χ1v) is 13.7. The average molecular weight is 548 g/mol. The van der Waals surface area contributed by atoms with E-state index in [4.69, 9.17) is 16.3 Å². The zero-order valence-corrected chi connectivity index (χ0v) is 22.4. The molecule has 3 N–H and O–H groups in total. The summed E-state index contributed by atoms with van der Waals surface area (Å²) in [7, 11) is 1.88. The number of phenols is 1. The van der Waals surface area contributed by atoms with Gasteiger partial charge in [0.25, 0.3) is 11.8 Å². The van der Waals surface area contributed by atoms with E-state index in [9.17, 15) is 19.8 Å². The topological polar surface area (TPSA) is 104 Å². The molecule has 0 aliphatic carbocycles. The van der Waals surface area contributed by atoms with Gasteiger partial charge in [0.15, 0.2) is 11.5 Å². The van der Waals surface area contributed by atoms with Crippen molar-refractivity contribution in [2.24, 2.45) is 7.05 Å². The number of aromatic nitrogens is 1. The fourth-order valence-corrected chi connectivity index (χ4v) is 6.32. The normalized spacial score (nSPS) is 17.7. The van der Waals surface area contributed by atoms with Gasteiger partial charge in [0.2, 0.25) is 0 Å². The molecule has 2 aliphatic heterocycles. The molecule has 6 rings (SSSR count). The van der Waals surface area contributed by atoms with Crippen molar-refractivity contribution in [1.82, 2.24) is 14.8 Å². The number of rotatable bonds is 7. The van der Waals surface area contributed by atoms with Crippen LogP contribution in [0, 0.1) is 0 Å². The number of aryl methyl sites for hydroxylation is 1. The minimum absolute atomic E-state index is 0.0325. The second-order valence-corrected chi connectivity index (χ2v) is 10.7. The van der Waals surface area contributed by atoms with Crippen molar-refractivity contribution >= 4 is 45.2 Å². The largest absolute Gasteiger partial charge is 0.504 e. The minimum atomic E-state index is -0.472. The molecule has 0 bridgehead atoms. The SMILES string of the molecule is Cn1c2cc(OCCCN3CCCCC3CO)c(O)cc2c2c3c(c(-c4ccccc4Cl)cc21)C(=O)NC3=O. The summed E-state index contributed by atoms with van der Waals surface area (Å²) in [6.45, 7) is 2.39. The quantitative estimate of drug-likeness (QED) is 0.225. The number of imide groups is 1. The molecule has 4 aromatic rings. The number of aliphatic hydroxyl groups is 1. The average Bonchev–Trinajstić information content (AvgIpc) is 3.38. The van der Waals surface area contributed by atoms with E-state index >= 15 is 0 Å². The van der Waals surface area contributed by atoms with Crippen LogP contribution < -0.4 is 10.1 Å². The van der Waals surface area contributed by atoms with Gasteiger partial charge in [-0.05, 0) is 49.6 Å². The number of hydrogen-bond donors (Lipinski definition) is 3. The van der Waals surface area contributed by atoms with Gasteiger partial charge in [0.1, 0.15) is 0 Å². The smallest absolute Gasteiger partial charge is 0.259 e. The highest BCUT2D eigenvalue weighted by atomic mass is 35.5. The van der Waals surface area contributed by atoms with Gasteiger partial charge in [-0.3, -0.25) is 19.8 Å². The van der Waals surface area contributed by atoms with Crippen molar-refractivity contribution in [2.75, 3.05) is 26.3 Å². The first-order valence-electron chi connectivity index (χ1n) is 13.3. The number of nitrogens with one attached hydrogen (secondary N) is 1. The van der Waals surface area contributed by atoms with Crippen LogP contribution in [0.1, 0.15) is 46.4 Å². The van der Waals surface area contributed by atoms with Gasteiger partial charge in [-0.15, -0.1) is 0 Å². The van der Waals surface area contributed by atoms with Crippen LogP contribution in [-0.4, -0.2) is 63.8 Å². The third-order valence-electron chi connectivity index (χ3n) is 8.03. The summed E-state index contributed by atoms with van der Waals surface area (Å²) in [6, 6.07) is 12.7. The molecule has 3 aromatic carbocycles. The molecule has 1 fully saturated rings. The molecule has 1 aromatic heterocycles. The lowest BCUT2D eigenvalue weighted by Crippen LogP contribution is -2.42. The monoisotopic (exact) mass is 547 g/mol.